The normalized spacial score (nSPS) is 13.4. The zero-order valence-corrected chi connectivity index (χ0v) is 18.3. The smallest absolute Gasteiger partial charge is 0.323 e. The number of pyridine rings is 1. The lowest BCUT2D eigenvalue weighted by molar-refractivity contribution is -0.0976. The summed E-state index contributed by atoms with van der Waals surface area (Å²) in [7, 11) is 0. The van der Waals surface area contributed by atoms with E-state index < -0.39 is 59.1 Å². The second-order valence-electron chi connectivity index (χ2n) is 7.54. The predicted octanol–water partition coefficient (Wildman–Crippen LogP) is 4.58. The van der Waals surface area contributed by atoms with E-state index in [0.29, 0.717) is 23.2 Å². The molecule has 0 amide bonds. The predicted molar refractivity (Wildman–Crippen MR) is 117 cm³/mol. The first kappa shape index (κ1) is 26.5. The molecule has 1 aromatic heterocycles. The summed E-state index contributed by atoms with van der Waals surface area (Å²) in [6, 6.07) is 6.92. The molecule has 0 aliphatic carbocycles. The van der Waals surface area contributed by atoms with Crippen LogP contribution in [0.4, 0.5) is 26.3 Å². The van der Waals surface area contributed by atoms with E-state index in [-0.39, 0.29) is 11.3 Å². The second kappa shape index (κ2) is 10.6. The number of alkyl halides is 2. The number of benzene rings is 2. The Labute approximate surface area is 200 Å². The number of halogens is 6. The maximum Gasteiger partial charge on any atom is 0.323 e. The molecule has 4 N–H and O–H groups in total. The lowest BCUT2D eigenvalue weighted by Gasteiger charge is -2.36. The van der Waals surface area contributed by atoms with Crippen molar-refractivity contribution in [3.8, 4) is 5.75 Å². The number of nitrogens with zero attached hydrogens (tertiary/aromatic N) is 3. The Kier molecular flexibility index (Phi) is 7.83. The van der Waals surface area contributed by atoms with Gasteiger partial charge in [-0.05, 0) is 29.4 Å². The summed E-state index contributed by atoms with van der Waals surface area (Å²) in [5, 5.41) is 3.15. The molecule has 0 aliphatic heterocycles. The summed E-state index contributed by atoms with van der Waals surface area (Å²) < 4.78 is 92.1. The largest absolute Gasteiger partial charge is 0.487 e. The molecule has 13 heteroatoms. The van der Waals surface area contributed by atoms with Crippen LogP contribution in [0.15, 0.2) is 72.3 Å². The number of nitrogens with two attached hydrogens (primary N) is 2. The zero-order chi connectivity index (χ0) is 26.5. The van der Waals surface area contributed by atoms with Crippen LogP contribution < -0.4 is 16.3 Å². The number of ether oxygens (including phenoxy) is 1. The highest BCUT2D eigenvalue weighted by atomic mass is 19.3. The molecule has 1 unspecified atom stereocenters. The maximum absolute atomic E-state index is 15.8. The molecule has 0 bridgehead atoms. The van der Waals surface area contributed by atoms with Gasteiger partial charge >= 0.3 is 5.92 Å². The Balaban J connectivity index is 1.98. The van der Waals surface area contributed by atoms with Crippen molar-refractivity contribution in [2.75, 3.05) is 6.54 Å². The van der Waals surface area contributed by atoms with Gasteiger partial charge in [0.15, 0.2) is 11.6 Å². The van der Waals surface area contributed by atoms with Crippen LogP contribution in [-0.4, -0.2) is 16.5 Å². The van der Waals surface area contributed by atoms with Crippen LogP contribution in [0, 0.1) is 28.2 Å². The summed E-state index contributed by atoms with van der Waals surface area (Å²) in [6.07, 6.45) is 2.67. The number of hydrogen-bond acceptors (Lipinski definition) is 7. The minimum absolute atomic E-state index is 0.0950. The molecule has 1 heterocycles. The van der Waals surface area contributed by atoms with E-state index in [1.165, 1.54) is 12.1 Å². The highest BCUT2D eigenvalue weighted by molar-refractivity contribution is 5.35. The van der Waals surface area contributed by atoms with Gasteiger partial charge in [0.1, 0.15) is 29.7 Å². The summed E-state index contributed by atoms with van der Waals surface area (Å²) in [4.78, 5) is 15.6. The number of rotatable bonds is 10. The first-order valence-corrected chi connectivity index (χ1v) is 10.2. The lowest BCUT2D eigenvalue weighted by Crippen LogP contribution is -2.51. The molecule has 0 fully saturated rings. The Morgan fingerprint density at radius 1 is 1.06 bits per heavy atom. The van der Waals surface area contributed by atoms with E-state index in [4.69, 9.17) is 16.3 Å². The molecule has 0 spiro atoms. The van der Waals surface area contributed by atoms with Gasteiger partial charge in [-0.15, -0.1) is 4.91 Å². The van der Waals surface area contributed by atoms with Gasteiger partial charge < -0.3 is 15.5 Å². The van der Waals surface area contributed by atoms with Crippen molar-refractivity contribution in [2.24, 2.45) is 16.8 Å². The summed E-state index contributed by atoms with van der Waals surface area (Å²) >= 11 is 0. The highest BCUT2D eigenvalue weighted by Crippen LogP contribution is 2.49. The van der Waals surface area contributed by atoms with Crippen LogP contribution in [0.2, 0.25) is 0 Å². The fourth-order valence-electron chi connectivity index (χ4n) is 3.43. The third-order valence-corrected chi connectivity index (χ3v) is 5.22. The number of hydrogen-bond donors (Lipinski definition) is 2. The van der Waals surface area contributed by atoms with E-state index in [9.17, 15) is 22.5 Å². The van der Waals surface area contributed by atoms with Crippen molar-refractivity contribution in [1.82, 2.24) is 9.99 Å². The molecule has 0 aliphatic rings. The molecule has 0 radical (unpaired) electrons. The number of hydrazine groups is 1. The summed E-state index contributed by atoms with van der Waals surface area (Å²) in [5.41, 5.74) is -0.0913. The number of nitroso groups, excluding NO2 is 1. The minimum atomic E-state index is -4.29. The van der Waals surface area contributed by atoms with Gasteiger partial charge in [0.2, 0.25) is 5.54 Å². The average Bonchev–Trinajstić information content (AvgIpc) is 2.84. The first-order chi connectivity index (χ1) is 17.1. The Morgan fingerprint density at radius 2 is 1.81 bits per heavy atom. The van der Waals surface area contributed by atoms with E-state index in [1.807, 2.05) is 0 Å². The Morgan fingerprint density at radius 3 is 2.42 bits per heavy atom. The zero-order valence-electron chi connectivity index (χ0n) is 18.3. The molecule has 0 saturated heterocycles. The van der Waals surface area contributed by atoms with Crippen LogP contribution in [0.1, 0.15) is 16.8 Å². The summed E-state index contributed by atoms with van der Waals surface area (Å²) in [5.74, 6) is -3.52. The molecular formula is C23H19F6N5O2. The van der Waals surface area contributed by atoms with E-state index >= 15 is 8.78 Å². The van der Waals surface area contributed by atoms with Crippen LogP contribution in [0.5, 0.6) is 5.75 Å². The van der Waals surface area contributed by atoms with E-state index in [1.54, 1.807) is 0 Å². The third-order valence-electron chi connectivity index (χ3n) is 5.22. The Bertz CT molecular complexity index is 1260. The fraction of sp³-hybridized carbons (Fsp3) is 0.174. The van der Waals surface area contributed by atoms with Gasteiger partial charge in [0, 0.05) is 29.6 Å². The van der Waals surface area contributed by atoms with E-state index in [0.717, 1.165) is 36.8 Å². The minimum Gasteiger partial charge on any atom is -0.487 e. The molecule has 2 aromatic carbocycles. The van der Waals surface area contributed by atoms with Crippen molar-refractivity contribution in [3.05, 3.63) is 112 Å². The van der Waals surface area contributed by atoms with Gasteiger partial charge in [-0.1, -0.05) is 18.2 Å². The molecule has 1 atom stereocenters. The lowest BCUT2D eigenvalue weighted by atomic mass is 9.81. The standard InChI is InChI=1S/C23H19F6N5O2/c24-15-4-6-17(19(26)10-15)22(33-35,13-34(31)9-8-30)23(28,29)20-7-5-16(11-32-20)36-12-14-2-1-3-18(25)21(14)27/h1-11H,12-13,30-31H2/b9-8-. The first-order valence-electron chi connectivity index (χ1n) is 10.2. The molecule has 7 nitrogen and oxygen atoms in total. The SMILES string of the molecule is N/C=C\N(N)CC(N=O)(c1ccc(F)cc1F)C(F)(F)c1ccc(OCc2cccc(F)c2F)cn1. The Hall–Kier alpha value is -4.13. The maximum atomic E-state index is 15.8. The van der Waals surface area contributed by atoms with Gasteiger partial charge in [-0.25, -0.2) is 23.4 Å². The van der Waals surface area contributed by atoms with Gasteiger partial charge in [0.25, 0.3) is 0 Å². The van der Waals surface area contributed by atoms with Crippen molar-refractivity contribution in [2.45, 2.75) is 18.1 Å². The topological polar surface area (TPSA) is 107 Å². The van der Waals surface area contributed by atoms with Gasteiger partial charge in [-0.2, -0.15) is 8.78 Å². The second-order valence-corrected chi connectivity index (χ2v) is 7.54. The van der Waals surface area contributed by atoms with Crippen molar-refractivity contribution in [1.29, 1.82) is 0 Å². The molecular weight excluding hydrogens is 492 g/mol. The van der Waals surface area contributed by atoms with E-state index in [2.05, 4.69) is 10.2 Å². The van der Waals surface area contributed by atoms with Crippen molar-refractivity contribution in [3.63, 3.8) is 0 Å². The molecule has 190 valence electrons. The van der Waals surface area contributed by atoms with Crippen molar-refractivity contribution >= 4 is 0 Å². The van der Waals surface area contributed by atoms with Crippen LogP contribution >= 0.6 is 0 Å². The molecule has 3 aromatic rings. The van der Waals surface area contributed by atoms with Gasteiger partial charge in [0.05, 0.1) is 12.7 Å². The van der Waals surface area contributed by atoms with Gasteiger partial charge in [-0.3, -0.25) is 4.98 Å². The summed E-state index contributed by atoms with van der Waals surface area (Å²) in [6.45, 7) is -1.51. The van der Waals surface area contributed by atoms with Crippen molar-refractivity contribution < 1.29 is 31.1 Å². The fourth-order valence-corrected chi connectivity index (χ4v) is 3.43. The van der Waals surface area contributed by atoms with Crippen LogP contribution in [-0.2, 0) is 18.1 Å². The third kappa shape index (κ3) is 5.10. The number of aromatic nitrogens is 1. The van der Waals surface area contributed by atoms with Crippen LogP contribution in [0.3, 0.4) is 0 Å². The monoisotopic (exact) mass is 511 g/mol. The highest BCUT2D eigenvalue weighted by Gasteiger charge is 2.61. The average molecular weight is 511 g/mol. The molecule has 3 rings (SSSR count). The molecule has 36 heavy (non-hydrogen) atoms. The quantitative estimate of drug-likeness (QED) is 0.179. The van der Waals surface area contributed by atoms with Crippen LogP contribution in [0.25, 0.3) is 0 Å². The molecule has 0 saturated carbocycles.